The highest BCUT2D eigenvalue weighted by Gasteiger charge is 2.35. The second-order valence-corrected chi connectivity index (χ2v) is 6.26. The van der Waals surface area contributed by atoms with Crippen LogP contribution in [0.25, 0.3) is 11.5 Å². The highest BCUT2D eigenvalue weighted by atomic mass is 32.1. The van der Waals surface area contributed by atoms with Crippen molar-refractivity contribution in [2.45, 2.75) is 32.2 Å². The third-order valence-electron chi connectivity index (χ3n) is 3.84. The molecule has 2 N–H and O–H groups in total. The van der Waals surface area contributed by atoms with Crippen molar-refractivity contribution in [3.63, 3.8) is 0 Å². The molecule has 0 radical (unpaired) electrons. The van der Waals surface area contributed by atoms with Crippen LogP contribution in [0, 0.1) is 12.8 Å². The van der Waals surface area contributed by atoms with Gasteiger partial charge in [-0.2, -0.15) is 11.3 Å². The number of nitrogens with one attached hydrogen (secondary N) is 1. The molecule has 116 valence electrons. The quantitative estimate of drug-likeness (QED) is 0.881. The molecule has 22 heavy (non-hydrogen) atoms. The molecule has 0 saturated heterocycles. The lowest BCUT2D eigenvalue weighted by Crippen LogP contribution is -2.47. The van der Waals surface area contributed by atoms with E-state index in [0.717, 1.165) is 5.56 Å². The fourth-order valence-electron chi connectivity index (χ4n) is 2.47. The zero-order valence-corrected chi connectivity index (χ0v) is 12.9. The van der Waals surface area contributed by atoms with E-state index in [1.165, 1.54) is 0 Å². The van der Waals surface area contributed by atoms with Crippen LogP contribution >= 0.6 is 11.3 Å². The monoisotopic (exact) mass is 320 g/mol. The van der Waals surface area contributed by atoms with Gasteiger partial charge in [0.2, 0.25) is 11.8 Å². The first-order chi connectivity index (χ1) is 10.5. The average Bonchev–Trinajstić information content (AvgIpc) is 3.03. The topological polar surface area (TPSA) is 92.4 Å². The molecule has 0 atom stereocenters. The molecule has 0 unspecified atom stereocenters. The van der Waals surface area contributed by atoms with Gasteiger partial charge in [-0.25, -0.2) is 4.98 Å². The molecule has 1 saturated carbocycles. The smallest absolute Gasteiger partial charge is 0.306 e. The van der Waals surface area contributed by atoms with Crippen molar-refractivity contribution in [2.24, 2.45) is 5.92 Å². The van der Waals surface area contributed by atoms with Crippen LogP contribution in [-0.4, -0.2) is 28.0 Å². The Labute approximate surface area is 131 Å². The summed E-state index contributed by atoms with van der Waals surface area (Å²) < 4.78 is 5.59. The fourth-order valence-corrected chi connectivity index (χ4v) is 3.10. The first-order valence-corrected chi connectivity index (χ1v) is 7.98. The van der Waals surface area contributed by atoms with E-state index in [2.05, 4.69) is 10.3 Å². The number of aryl methyl sites for hydroxylation is 1. The van der Waals surface area contributed by atoms with Gasteiger partial charge in [0.1, 0.15) is 5.76 Å². The maximum atomic E-state index is 12.0. The fraction of sp³-hybridized carbons (Fsp3) is 0.400. The van der Waals surface area contributed by atoms with Gasteiger partial charge in [-0.15, -0.1) is 0 Å². The Morgan fingerprint density at radius 2 is 2.27 bits per heavy atom. The van der Waals surface area contributed by atoms with E-state index >= 15 is 0 Å². The first-order valence-electron chi connectivity index (χ1n) is 7.04. The minimum absolute atomic E-state index is 0.0443. The SMILES string of the molecule is Cc1oc(-c2ccsc2)nc1CC(=O)NC1CC(C(=O)O)C1. The molecule has 0 aliphatic heterocycles. The van der Waals surface area contributed by atoms with Crippen LogP contribution in [-0.2, 0) is 16.0 Å². The summed E-state index contributed by atoms with van der Waals surface area (Å²) in [4.78, 5) is 27.1. The van der Waals surface area contributed by atoms with E-state index in [-0.39, 0.29) is 24.3 Å². The Morgan fingerprint density at radius 3 is 2.91 bits per heavy atom. The molecule has 1 amide bonds. The molecule has 7 heteroatoms. The van der Waals surface area contributed by atoms with Crippen molar-refractivity contribution < 1.29 is 19.1 Å². The number of hydrogen-bond donors (Lipinski definition) is 2. The molecule has 1 aliphatic carbocycles. The van der Waals surface area contributed by atoms with Gasteiger partial charge in [-0.3, -0.25) is 9.59 Å². The summed E-state index contributed by atoms with van der Waals surface area (Å²) in [7, 11) is 0. The van der Waals surface area contributed by atoms with E-state index in [1.54, 1.807) is 18.3 Å². The first kappa shape index (κ1) is 14.8. The molecular formula is C15H16N2O4S. The number of oxazole rings is 1. The number of nitrogens with zero attached hydrogens (tertiary/aromatic N) is 1. The third-order valence-corrected chi connectivity index (χ3v) is 4.52. The van der Waals surface area contributed by atoms with E-state index < -0.39 is 5.97 Å². The molecule has 2 heterocycles. The Balaban J connectivity index is 1.57. The van der Waals surface area contributed by atoms with E-state index in [4.69, 9.17) is 9.52 Å². The number of carbonyl (C=O) groups excluding carboxylic acids is 1. The summed E-state index contributed by atoms with van der Waals surface area (Å²) in [6.45, 7) is 1.79. The number of carboxylic acids is 1. The van der Waals surface area contributed by atoms with Crippen LogP contribution in [0.15, 0.2) is 21.2 Å². The summed E-state index contributed by atoms with van der Waals surface area (Å²) in [5.74, 6) is -0.117. The van der Waals surface area contributed by atoms with Crippen molar-refractivity contribution in [3.05, 3.63) is 28.3 Å². The summed E-state index contributed by atoms with van der Waals surface area (Å²) >= 11 is 1.56. The summed E-state index contributed by atoms with van der Waals surface area (Å²) in [5.41, 5.74) is 1.52. The van der Waals surface area contributed by atoms with Crippen LogP contribution in [0.4, 0.5) is 0 Å². The van der Waals surface area contributed by atoms with E-state index in [0.29, 0.717) is 30.2 Å². The Bertz CT molecular complexity index is 686. The van der Waals surface area contributed by atoms with Gasteiger partial charge in [0.25, 0.3) is 0 Å². The zero-order chi connectivity index (χ0) is 15.7. The molecule has 2 aromatic heterocycles. The highest BCUT2D eigenvalue weighted by molar-refractivity contribution is 7.08. The molecule has 0 spiro atoms. The van der Waals surface area contributed by atoms with Gasteiger partial charge < -0.3 is 14.8 Å². The number of hydrogen-bond acceptors (Lipinski definition) is 5. The standard InChI is InChI=1S/C15H16N2O4S/c1-8-12(17-14(21-8)9-2-3-22-7-9)6-13(18)16-11-4-10(5-11)15(19)20/h2-3,7,10-11H,4-6H2,1H3,(H,16,18)(H,19,20). The summed E-state index contributed by atoms with van der Waals surface area (Å²) in [6.07, 6.45) is 1.14. The van der Waals surface area contributed by atoms with Crippen molar-refractivity contribution in [2.75, 3.05) is 0 Å². The number of thiophene rings is 1. The Kier molecular flexibility index (Phi) is 3.98. The van der Waals surface area contributed by atoms with E-state index in [9.17, 15) is 9.59 Å². The van der Waals surface area contributed by atoms with Crippen molar-refractivity contribution >= 4 is 23.2 Å². The van der Waals surface area contributed by atoms with Gasteiger partial charge in [0.15, 0.2) is 0 Å². The minimum atomic E-state index is -0.793. The second-order valence-electron chi connectivity index (χ2n) is 5.48. The maximum Gasteiger partial charge on any atom is 0.306 e. The van der Waals surface area contributed by atoms with Crippen molar-refractivity contribution in [1.82, 2.24) is 10.3 Å². The summed E-state index contributed by atoms with van der Waals surface area (Å²) in [6, 6.07) is 1.87. The lowest BCUT2D eigenvalue weighted by atomic mass is 9.80. The van der Waals surface area contributed by atoms with Gasteiger partial charge in [0, 0.05) is 17.0 Å². The van der Waals surface area contributed by atoms with Gasteiger partial charge in [-0.05, 0) is 31.2 Å². The highest BCUT2D eigenvalue weighted by Crippen LogP contribution is 2.28. The molecule has 3 rings (SSSR count). The minimum Gasteiger partial charge on any atom is -0.481 e. The Hall–Kier alpha value is -2.15. The predicted octanol–water partition coefficient (Wildman–Crippen LogP) is 2.23. The largest absolute Gasteiger partial charge is 0.481 e. The van der Waals surface area contributed by atoms with Crippen molar-refractivity contribution in [1.29, 1.82) is 0 Å². The van der Waals surface area contributed by atoms with Crippen LogP contribution in [0.3, 0.4) is 0 Å². The molecule has 0 bridgehead atoms. The predicted molar refractivity (Wildman–Crippen MR) is 80.5 cm³/mol. The maximum absolute atomic E-state index is 12.0. The van der Waals surface area contributed by atoms with Crippen molar-refractivity contribution in [3.8, 4) is 11.5 Å². The number of rotatable bonds is 5. The molecule has 6 nitrogen and oxygen atoms in total. The van der Waals surface area contributed by atoms with Gasteiger partial charge in [0.05, 0.1) is 18.0 Å². The molecule has 1 fully saturated rings. The summed E-state index contributed by atoms with van der Waals surface area (Å²) in [5, 5.41) is 15.5. The molecule has 2 aromatic rings. The number of carbonyl (C=O) groups is 2. The van der Waals surface area contributed by atoms with Crippen LogP contribution in [0.5, 0.6) is 0 Å². The van der Waals surface area contributed by atoms with Gasteiger partial charge >= 0.3 is 5.97 Å². The average molecular weight is 320 g/mol. The third kappa shape index (κ3) is 3.04. The van der Waals surface area contributed by atoms with Crippen LogP contribution in [0.2, 0.25) is 0 Å². The number of aromatic nitrogens is 1. The number of aliphatic carboxylic acids is 1. The lowest BCUT2D eigenvalue weighted by Gasteiger charge is -2.32. The lowest BCUT2D eigenvalue weighted by molar-refractivity contribution is -0.146. The number of carboxylic acid groups (broad SMARTS) is 1. The number of amides is 1. The normalized spacial score (nSPS) is 20.4. The molecule has 1 aliphatic rings. The van der Waals surface area contributed by atoms with Crippen LogP contribution < -0.4 is 5.32 Å². The molecule has 0 aromatic carbocycles. The zero-order valence-electron chi connectivity index (χ0n) is 12.0. The van der Waals surface area contributed by atoms with E-state index in [1.807, 2.05) is 16.8 Å². The van der Waals surface area contributed by atoms with Gasteiger partial charge in [-0.1, -0.05) is 0 Å². The molecular weight excluding hydrogens is 304 g/mol. The second kappa shape index (κ2) is 5.92. The van der Waals surface area contributed by atoms with Crippen LogP contribution in [0.1, 0.15) is 24.3 Å². The Morgan fingerprint density at radius 1 is 1.50 bits per heavy atom.